The van der Waals surface area contributed by atoms with Gasteiger partial charge in [-0.2, -0.15) is 0 Å². The molecule has 4 heteroatoms. The van der Waals surface area contributed by atoms with Crippen LogP contribution >= 0.6 is 0 Å². The molecule has 0 aromatic rings. The maximum absolute atomic E-state index is 5.00. The molecule has 0 unspecified atom stereocenters. The average molecular weight is 139 g/mol. The van der Waals surface area contributed by atoms with E-state index in [2.05, 4.69) is 5.43 Å². The standard InChI is InChI=1S/C2H9N3.Cu/c3-1-2-5-4;/h5H,1-4H2;. The zero-order chi connectivity index (χ0) is 4.12. The Morgan fingerprint density at radius 1 is 1.50 bits per heavy atom. The Kier molecular flexibility index (Phi) is 14.5. The van der Waals surface area contributed by atoms with E-state index in [1.165, 1.54) is 0 Å². The largest absolute Gasteiger partial charge is 0.329 e. The molecule has 0 fully saturated rings. The van der Waals surface area contributed by atoms with Gasteiger partial charge in [0.15, 0.2) is 0 Å². The van der Waals surface area contributed by atoms with Crippen molar-refractivity contribution in [2.24, 2.45) is 11.6 Å². The van der Waals surface area contributed by atoms with Gasteiger partial charge in [0.05, 0.1) is 0 Å². The van der Waals surface area contributed by atoms with E-state index >= 15 is 0 Å². The molecule has 0 aromatic carbocycles. The van der Waals surface area contributed by atoms with Gasteiger partial charge in [-0.15, -0.1) is 0 Å². The summed E-state index contributed by atoms with van der Waals surface area (Å²) in [7, 11) is 0. The van der Waals surface area contributed by atoms with E-state index in [0.29, 0.717) is 13.1 Å². The fraction of sp³-hybridized carbons (Fsp3) is 1.00. The molecule has 0 bridgehead atoms. The van der Waals surface area contributed by atoms with Crippen LogP contribution in [0.2, 0.25) is 0 Å². The number of hydrogen-bond acceptors (Lipinski definition) is 3. The van der Waals surface area contributed by atoms with Crippen molar-refractivity contribution >= 4 is 0 Å². The van der Waals surface area contributed by atoms with Crippen LogP contribution in [0.5, 0.6) is 0 Å². The number of rotatable bonds is 2. The molecule has 5 N–H and O–H groups in total. The molecular formula is C2H9CuN3. The Morgan fingerprint density at radius 3 is 2.00 bits per heavy atom. The van der Waals surface area contributed by atoms with Crippen LogP contribution in [-0.4, -0.2) is 13.1 Å². The normalized spacial score (nSPS) is 7.00. The van der Waals surface area contributed by atoms with Gasteiger partial charge in [-0.1, -0.05) is 0 Å². The second-order valence-electron chi connectivity index (χ2n) is 0.743. The topological polar surface area (TPSA) is 64.1 Å². The third-order valence-corrected chi connectivity index (χ3v) is 0.289. The van der Waals surface area contributed by atoms with Crippen LogP contribution in [0.15, 0.2) is 0 Å². The summed E-state index contributed by atoms with van der Waals surface area (Å²) in [6.45, 7) is 1.30. The average Bonchev–Trinajstić information content (AvgIpc) is 1.41. The molecule has 3 nitrogen and oxygen atoms in total. The summed E-state index contributed by atoms with van der Waals surface area (Å²) in [6, 6.07) is 0. The number of hydrazine groups is 1. The van der Waals surface area contributed by atoms with Crippen molar-refractivity contribution in [2.45, 2.75) is 0 Å². The van der Waals surface area contributed by atoms with Crippen molar-refractivity contribution in [1.82, 2.24) is 5.43 Å². The van der Waals surface area contributed by atoms with Crippen molar-refractivity contribution in [3.8, 4) is 0 Å². The zero-order valence-electron chi connectivity index (χ0n) is 3.37. The minimum atomic E-state index is 0. The van der Waals surface area contributed by atoms with Gasteiger partial charge in [0.1, 0.15) is 0 Å². The van der Waals surface area contributed by atoms with Crippen LogP contribution in [0, 0.1) is 0 Å². The molecule has 0 aliphatic carbocycles. The fourth-order valence-corrected chi connectivity index (χ4v) is 0.0833. The van der Waals surface area contributed by atoms with Crippen LogP contribution in [-0.2, 0) is 17.1 Å². The molecule has 0 aliphatic heterocycles. The third-order valence-electron chi connectivity index (χ3n) is 0.289. The van der Waals surface area contributed by atoms with E-state index in [1.54, 1.807) is 0 Å². The molecule has 0 saturated carbocycles. The maximum atomic E-state index is 5.00. The van der Waals surface area contributed by atoms with E-state index in [1.807, 2.05) is 0 Å². The molecule has 0 aliphatic rings. The van der Waals surface area contributed by atoms with Gasteiger partial charge in [-0.3, -0.25) is 11.3 Å². The molecule has 0 saturated heterocycles. The molecule has 6 heavy (non-hydrogen) atoms. The van der Waals surface area contributed by atoms with Crippen molar-refractivity contribution in [3.63, 3.8) is 0 Å². The number of nitrogens with one attached hydrogen (secondary N) is 1. The van der Waals surface area contributed by atoms with Crippen LogP contribution in [0.4, 0.5) is 0 Å². The smallest absolute Gasteiger partial charge is 0.0220 e. The van der Waals surface area contributed by atoms with E-state index in [9.17, 15) is 0 Å². The molecular weight excluding hydrogens is 130 g/mol. The van der Waals surface area contributed by atoms with E-state index < -0.39 is 0 Å². The van der Waals surface area contributed by atoms with Gasteiger partial charge in [-0.25, -0.2) is 0 Å². The summed E-state index contributed by atoms with van der Waals surface area (Å²) in [5.41, 5.74) is 7.39. The predicted molar refractivity (Wildman–Crippen MR) is 21.2 cm³/mol. The van der Waals surface area contributed by atoms with E-state index in [4.69, 9.17) is 11.6 Å². The van der Waals surface area contributed by atoms with Gasteiger partial charge in [0.2, 0.25) is 0 Å². The SMILES string of the molecule is NCCNN.[Cu]. The minimum Gasteiger partial charge on any atom is -0.329 e. The van der Waals surface area contributed by atoms with E-state index in [0.717, 1.165) is 0 Å². The maximum Gasteiger partial charge on any atom is 0.0220 e. The van der Waals surface area contributed by atoms with Crippen LogP contribution < -0.4 is 17.0 Å². The summed E-state index contributed by atoms with van der Waals surface area (Å²) in [6.07, 6.45) is 0. The van der Waals surface area contributed by atoms with Gasteiger partial charge in [0.25, 0.3) is 0 Å². The van der Waals surface area contributed by atoms with E-state index in [-0.39, 0.29) is 17.1 Å². The monoisotopic (exact) mass is 138 g/mol. The Bertz CT molecular complexity index is 16.3. The summed E-state index contributed by atoms with van der Waals surface area (Å²) in [5.74, 6) is 4.81. The molecule has 0 heterocycles. The van der Waals surface area contributed by atoms with Crippen LogP contribution in [0.25, 0.3) is 0 Å². The van der Waals surface area contributed by atoms with Gasteiger partial charge >= 0.3 is 0 Å². The molecule has 0 atom stereocenters. The van der Waals surface area contributed by atoms with Crippen LogP contribution in [0.1, 0.15) is 0 Å². The summed E-state index contributed by atoms with van der Waals surface area (Å²) in [4.78, 5) is 0. The Labute approximate surface area is 47.9 Å². The first-order valence-electron chi connectivity index (χ1n) is 1.55. The fourth-order valence-electron chi connectivity index (χ4n) is 0.0833. The Hall–Kier alpha value is 0.399. The van der Waals surface area contributed by atoms with Crippen molar-refractivity contribution < 1.29 is 17.1 Å². The number of nitrogens with two attached hydrogens (primary N) is 2. The van der Waals surface area contributed by atoms with Gasteiger partial charge in [-0.05, 0) is 0 Å². The first kappa shape index (κ1) is 9.64. The zero-order valence-corrected chi connectivity index (χ0v) is 4.31. The quantitative estimate of drug-likeness (QED) is 0.245. The molecule has 0 amide bonds. The van der Waals surface area contributed by atoms with Gasteiger partial charge in [0, 0.05) is 30.2 Å². The minimum absolute atomic E-state index is 0. The molecule has 43 valence electrons. The Morgan fingerprint density at radius 2 is 2.00 bits per heavy atom. The molecule has 0 rings (SSSR count). The van der Waals surface area contributed by atoms with Crippen molar-refractivity contribution in [3.05, 3.63) is 0 Å². The molecule has 1 radical (unpaired) electrons. The Balaban J connectivity index is 0. The third kappa shape index (κ3) is 8.83. The number of hydrogen-bond donors (Lipinski definition) is 3. The van der Waals surface area contributed by atoms with Crippen molar-refractivity contribution in [1.29, 1.82) is 0 Å². The first-order valence-corrected chi connectivity index (χ1v) is 1.55. The van der Waals surface area contributed by atoms with Crippen molar-refractivity contribution in [2.75, 3.05) is 13.1 Å². The second kappa shape index (κ2) is 9.04. The van der Waals surface area contributed by atoms with Gasteiger partial charge < -0.3 is 5.73 Å². The van der Waals surface area contributed by atoms with Crippen LogP contribution in [0.3, 0.4) is 0 Å². The predicted octanol–water partition coefficient (Wildman–Crippen LogP) is -1.59. The summed E-state index contributed by atoms with van der Waals surface area (Å²) >= 11 is 0. The molecule has 0 aromatic heterocycles. The summed E-state index contributed by atoms with van der Waals surface area (Å²) < 4.78 is 0. The second-order valence-corrected chi connectivity index (χ2v) is 0.743. The summed E-state index contributed by atoms with van der Waals surface area (Å²) in [5, 5.41) is 0. The first-order chi connectivity index (χ1) is 2.41. The molecule has 0 spiro atoms.